The highest BCUT2D eigenvalue weighted by atomic mass is 19.1. The zero-order valence-electron chi connectivity index (χ0n) is 18.3. The van der Waals surface area contributed by atoms with Crippen molar-refractivity contribution in [2.75, 3.05) is 5.32 Å². The Labute approximate surface area is 180 Å². The molecule has 0 amide bonds. The zero-order chi connectivity index (χ0) is 22.7. The molecule has 0 spiro atoms. The van der Waals surface area contributed by atoms with Crippen LogP contribution in [0.3, 0.4) is 0 Å². The first-order valence-corrected chi connectivity index (χ1v) is 10.2. The van der Waals surface area contributed by atoms with Gasteiger partial charge in [0.15, 0.2) is 0 Å². The molecule has 31 heavy (non-hydrogen) atoms. The van der Waals surface area contributed by atoms with Crippen molar-refractivity contribution in [3.05, 3.63) is 80.4 Å². The van der Waals surface area contributed by atoms with E-state index in [1.807, 2.05) is 13.8 Å². The summed E-state index contributed by atoms with van der Waals surface area (Å²) in [6.07, 6.45) is 0.0455. The third kappa shape index (κ3) is 5.20. The molecule has 1 heterocycles. The number of aromatic nitrogens is 3. The molecular weight excluding hydrogens is 399 g/mol. The van der Waals surface area contributed by atoms with Crippen LogP contribution >= 0.6 is 0 Å². The smallest absolute Gasteiger partial charge is 0.355 e. The van der Waals surface area contributed by atoms with E-state index < -0.39 is 11.4 Å². The average molecular weight is 426 g/mol. The van der Waals surface area contributed by atoms with Crippen LogP contribution in [0, 0.1) is 12.7 Å². The number of anilines is 2. The highest BCUT2D eigenvalue weighted by Crippen LogP contribution is 2.20. The molecule has 0 aliphatic carbocycles. The predicted molar refractivity (Wildman–Crippen MR) is 119 cm³/mol. The Morgan fingerprint density at radius 2 is 1.74 bits per heavy atom. The van der Waals surface area contributed by atoms with E-state index in [1.54, 1.807) is 57.2 Å². The number of benzene rings is 2. The van der Waals surface area contributed by atoms with Gasteiger partial charge in [0.2, 0.25) is 5.95 Å². The molecule has 0 bridgehead atoms. The lowest BCUT2D eigenvalue weighted by molar-refractivity contribution is 0.242. The SMILES string of the molecule is Cc1ccc(Cn2c(Nc3ccc(OC(C)C)cc3)nc(=O)n(C(C)C)c2=O)cc1F. The lowest BCUT2D eigenvalue weighted by Gasteiger charge is -2.17. The molecule has 3 aromatic rings. The maximum Gasteiger partial charge on any atom is 0.355 e. The first-order chi connectivity index (χ1) is 14.7. The summed E-state index contributed by atoms with van der Waals surface area (Å²) >= 11 is 0. The van der Waals surface area contributed by atoms with E-state index in [0.717, 1.165) is 4.57 Å². The molecule has 0 atom stereocenters. The van der Waals surface area contributed by atoms with Crippen molar-refractivity contribution in [3.63, 3.8) is 0 Å². The molecule has 1 N–H and O–H groups in total. The van der Waals surface area contributed by atoms with Gasteiger partial charge in [-0.05, 0) is 76.1 Å². The highest BCUT2D eigenvalue weighted by Gasteiger charge is 2.16. The Hall–Kier alpha value is -3.42. The Balaban J connectivity index is 2.03. The van der Waals surface area contributed by atoms with Gasteiger partial charge in [0.05, 0.1) is 12.6 Å². The van der Waals surface area contributed by atoms with Gasteiger partial charge in [-0.15, -0.1) is 0 Å². The predicted octanol–water partition coefficient (Wildman–Crippen LogP) is 4.01. The lowest BCUT2D eigenvalue weighted by atomic mass is 10.1. The Kier molecular flexibility index (Phi) is 6.58. The van der Waals surface area contributed by atoms with E-state index in [4.69, 9.17) is 4.74 Å². The summed E-state index contributed by atoms with van der Waals surface area (Å²) in [6.45, 7) is 9.08. The van der Waals surface area contributed by atoms with Crippen LogP contribution < -0.4 is 21.4 Å². The molecule has 3 rings (SSSR count). The van der Waals surface area contributed by atoms with Crippen molar-refractivity contribution in [1.82, 2.24) is 14.1 Å². The van der Waals surface area contributed by atoms with Crippen LogP contribution in [0.1, 0.15) is 44.9 Å². The van der Waals surface area contributed by atoms with Gasteiger partial charge in [-0.2, -0.15) is 4.98 Å². The molecule has 0 aliphatic rings. The lowest BCUT2D eigenvalue weighted by Crippen LogP contribution is -2.43. The second-order valence-corrected chi connectivity index (χ2v) is 7.95. The van der Waals surface area contributed by atoms with Crippen LogP contribution in [0.2, 0.25) is 0 Å². The maximum atomic E-state index is 14.0. The summed E-state index contributed by atoms with van der Waals surface area (Å²) in [7, 11) is 0. The van der Waals surface area contributed by atoms with Gasteiger partial charge in [-0.1, -0.05) is 12.1 Å². The standard InChI is InChI=1S/C23H27FN4O3/c1-14(2)28-22(29)26-21(25-18-8-10-19(11-9-18)31-15(3)4)27(23(28)30)13-17-7-6-16(5)20(24)12-17/h6-12,14-15H,13H2,1-5H3,(H,25,26,29). The van der Waals surface area contributed by atoms with Crippen molar-refractivity contribution in [3.8, 4) is 5.75 Å². The molecule has 7 nitrogen and oxygen atoms in total. The number of nitrogens with zero attached hydrogens (tertiary/aromatic N) is 3. The number of halogens is 1. The first-order valence-electron chi connectivity index (χ1n) is 10.2. The third-order valence-electron chi connectivity index (χ3n) is 4.68. The molecular formula is C23H27FN4O3. The number of ether oxygens (including phenoxy) is 1. The summed E-state index contributed by atoms with van der Waals surface area (Å²) in [5, 5.41) is 3.04. The van der Waals surface area contributed by atoms with Gasteiger partial charge >= 0.3 is 11.4 Å². The fourth-order valence-corrected chi connectivity index (χ4v) is 3.12. The van der Waals surface area contributed by atoms with Crippen molar-refractivity contribution < 1.29 is 9.13 Å². The van der Waals surface area contributed by atoms with Crippen molar-refractivity contribution in [2.24, 2.45) is 0 Å². The Bertz CT molecular complexity index is 1180. The molecule has 0 fully saturated rings. The van der Waals surface area contributed by atoms with E-state index in [-0.39, 0.29) is 30.5 Å². The summed E-state index contributed by atoms with van der Waals surface area (Å²) in [4.78, 5) is 29.7. The number of aryl methyl sites for hydroxylation is 1. The van der Waals surface area contributed by atoms with E-state index in [2.05, 4.69) is 10.3 Å². The normalized spacial score (nSPS) is 11.2. The van der Waals surface area contributed by atoms with E-state index in [1.165, 1.54) is 10.6 Å². The van der Waals surface area contributed by atoms with Crippen LogP contribution in [-0.2, 0) is 6.54 Å². The maximum absolute atomic E-state index is 14.0. The van der Waals surface area contributed by atoms with Crippen LogP contribution in [0.25, 0.3) is 0 Å². The number of hydrogen-bond acceptors (Lipinski definition) is 5. The second kappa shape index (κ2) is 9.16. The molecule has 2 aromatic carbocycles. The molecule has 0 radical (unpaired) electrons. The van der Waals surface area contributed by atoms with Crippen LogP contribution in [0.5, 0.6) is 5.75 Å². The largest absolute Gasteiger partial charge is 0.491 e. The Morgan fingerprint density at radius 1 is 1.06 bits per heavy atom. The number of nitrogens with one attached hydrogen (secondary N) is 1. The number of hydrogen-bond donors (Lipinski definition) is 1. The van der Waals surface area contributed by atoms with Crippen LogP contribution in [0.15, 0.2) is 52.1 Å². The van der Waals surface area contributed by atoms with E-state index in [9.17, 15) is 14.0 Å². The second-order valence-electron chi connectivity index (χ2n) is 7.95. The monoisotopic (exact) mass is 426 g/mol. The van der Waals surface area contributed by atoms with Crippen LogP contribution in [-0.4, -0.2) is 20.2 Å². The molecule has 8 heteroatoms. The molecule has 164 valence electrons. The van der Waals surface area contributed by atoms with Gasteiger partial charge < -0.3 is 10.1 Å². The summed E-state index contributed by atoms with van der Waals surface area (Å²) in [5.74, 6) is 0.438. The van der Waals surface area contributed by atoms with E-state index in [0.29, 0.717) is 22.6 Å². The Morgan fingerprint density at radius 3 is 2.32 bits per heavy atom. The average Bonchev–Trinajstić information content (AvgIpc) is 2.68. The third-order valence-corrected chi connectivity index (χ3v) is 4.68. The minimum atomic E-state index is -0.645. The summed E-state index contributed by atoms with van der Waals surface area (Å²) in [6, 6.07) is 11.5. The van der Waals surface area contributed by atoms with Gasteiger partial charge in [0.25, 0.3) is 0 Å². The fraction of sp³-hybridized carbons (Fsp3) is 0.348. The minimum absolute atomic E-state index is 0.0455. The van der Waals surface area contributed by atoms with Crippen molar-refractivity contribution >= 4 is 11.6 Å². The molecule has 0 saturated heterocycles. The summed E-state index contributed by atoms with van der Waals surface area (Å²) in [5.41, 5.74) is 0.577. The molecule has 0 saturated carbocycles. The molecule has 0 unspecified atom stereocenters. The quantitative estimate of drug-likeness (QED) is 0.618. The topological polar surface area (TPSA) is 78.2 Å². The number of rotatable bonds is 7. The van der Waals surface area contributed by atoms with E-state index >= 15 is 0 Å². The first kappa shape index (κ1) is 22.3. The van der Waals surface area contributed by atoms with Crippen molar-refractivity contribution in [1.29, 1.82) is 0 Å². The summed E-state index contributed by atoms with van der Waals surface area (Å²) < 4.78 is 22.1. The van der Waals surface area contributed by atoms with Gasteiger partial charge in [0.1, 0.15) is 11.6 Å². The molecule has 1 aromatic heterocycles. The zero-order valence-corrected chi connectivity index (χ0v) is 18.3. The minimum Gasteiger partial charge on any atom is -0.491 e. The van der Waals surface area contributed by atoms with Gasteiger partial charge in [-0.3, -0.25) is 4.57 Å². The molecule has 0 aliphatic heterocycles. The van der Waals surface area contributed by atoms with Crippen LogP contribution in [0.4, 0.5) is 16.0 Å². The van der Waals surface area contributed by atoms with Gasteiger partial charge in [0, 0.05) is 11.7 Å². The van der Waals surface area contributed by atoms with Crippen molar-refractivity contribution in [2.45, 2.75) is 53.3 Å². The fourth-order valence-electron chi connectivity index (χ4n) is 3.12. The van der Waals surface area contributed by atoms with Gasteiger partial charge in [-0.25, -0.2) is 18.5 Å². The highest BCUT2D eigenvalue weighted by molar-refractivity contribution is 5.54.